The van der Waals surface area contributed by atoms with E-state index in [1.165, 1.54) is 6.07 Å². The van der Waals surface area contributed by atoms with Gasteiger partial charge in [0.1, 0.15) is 22.2 Å². The topological polar surface area (TPSA) is 39.9 Å². The lowest BCUT2D eigenvalue weighted by Gasteiger charge is -2.12. The van der Waals surface area contributed by atoms with E-state index in [2.05, 4.69) is 14.7 Å². The van der Waals surface area contributed by atoms with E-state index in [-0.39, 0.29) is 5.75 Å². The van der Waals surface area contributed by atoms with Crippen LogP contribution in [0, 0.1) is 6.92 Å². The Labute approximate surface area is 130 Å². The number of benzene rings is 1. The van der Waals surface area contributed by atoms with Gasteiger partial charge >= 0.3 is 6.61 Å². The summed E-state index contributed by atoms with van der Waals surface area (Å²) >= 11 is 5.93. The molecule has 0 saturated heterocycles. The third kappa shape index (κ3) is 2.87. The number of pyridine rings is 1. The molecule has 0 aliphatic heterocycles. The van der Waals surface area contributed by atoms with E-state index in [4.69, 9.17) is 11.6 Å². The number of imidazole rings is 1. The Morgan fingerprint density at radius 1 is 1.32 bits per heavy atom. The molecule has 0 aliphatic carbocycles. The molecule has 22 heavy (non-hydrogen) atoms. The summed E-state index contributed by atoms with van der Waals surface area (Å²) in [6.07, 6.45) is 1.59. The van der Waals surface area contributed by atoms with Crippen LogP contribution < -0.4 is 4.74 Å². The molecular weight excluding hydrogens is 312 g/mol. The number of alkyl halides is 2. The molecule has 0 unspecified atom stereocenters. The highest BCUT2D eigenvalue weighted by Gasteiger charge is 2.13. The van der Waals surface area contributed by atoms with Crippen LogP contribution >= 0.6 is 11.6 Å². The van der Waals surface area contributed by atoms with E-state index < -0.39 is 6.61 Å². The molecule has 0 saturated carbocycles. The fraction of sp³-hybridized carbons (Fsp3) is 0.200. The van der Waals surface area contributed by atoms with Crippen LogP contribution in [0.15, 0.2) is 36.5 Å². The number of aromatic nitrogens is 3. The predicted octanol–water partition coefficient (Wildman–Crippen LogP) is 4.04. The second kappa shape index (κ2) is 5.88. The van der Waals surface area contributed by atoms with E-state index in [1.807, 2.05) is 11.5 Å². The van der Waals surface area contributed by atoms with Crippen molar-refractivity contribution in [1.82, 2.24) is 14.5 Å². The summed E-state index contributed by atoms with van der Waals surface area (Å²) in [7, 11) is 0. The summed E-state index contributed by atoms with van der Waals surface area (Å²) in [6, 6.07) is 8.39. The van der Waals surface area contributed by atoms with Crippen molar-refractivity contribution in [3.8, 4) is 5.75 Å². The normalized spacial score (nSPS) is 11.3. The van der Waals surface area contributed by atoms with Gasteiger partial charge in [-0.15, -0.1) is 0 Å². The average molecular weight is 324 g/mol. The SMILES string of the molecule is Cc1nc2cnc(Cl)cc2n1Cc1ccccc1OC(F)F. The molecule has 0 bridgehead atoms. The lowest BCUT2D eigenvalue weighted by atomic mass is 10.2. The fourth-order valence-electron chi connectivity index (χ4n) is 2.34. The minimum absolute atomic E-state index is 0.152. The van der Waals surface area contributed by atoms with Crippen LogP contribution in [0.2, 0.25) is 5.15 Å². The van der Waals surface area contributed by atoms with E-state index >= 15 is 0 Å². The fourth-order valence-corrected chi connectivity index (χ4v) is 2.49. The maximum Gasteiger partial charge on any atom is 0.387 e. The molecular formula is C15H12ClF2N3O. The number of aryl methyl sites for hydroxylation is 1. The van der Waals surface area contributed by atoms with Gasteiger partial charge in [0.25, 0.3) is 0 Å². The minimum Gasteiger partial charge on any atom is -0.434 e. The maximum atomic E-state index is 12.5. The van der Waals surface area contributed by atoms with Crippen LogP contribution in [-0.4, -0.2) is 21.1 Å². The molecule has 0 aliphatic rings. The van der Waals surface area contributed by atoms with Gasteiger partial charge in [-0.05, 0) is 13.0 Å². The predicted molar refractivity (Wildman–Crippen MR) is 79.5 cm³/mol. The Morgan fingerprint density at radius 3 is 2.86 bits per heavy atom. The average Bonchev–Trinajstić information content (AvgIpc) is 2.76. The first-order chi connectivity index (χ1) is 10.5. The largest absolute Gasteiger partial charge is 0.434 e. The molecule has 0 spiro atoms. The zero-order valence-corrected chi connectivity index (χ0v) is 12.4. The molecule has 3 rings (SSSR count). The van der Waals surface area contributed by atoms with Crippen molar-refractivity contribution in [1.29, 1.82) is 0 Å². The Morgan fingerprint density at radius 2 is 2.09 bits per heavy atom. The summed E-state index contributed by atoms with van der Waals surface area (Å²) in [5, 5.41) is 0.353. The molecule has 0 N–H and O–H groups in total. The Hall–Kier alpha value is -2.21. The molecule has 7 heteroatoms. The van der Waals surface area contributed by atoms with Crippen LogP contribution in [-0.2, 0) is 6.54 Å². The standard InChI is InChI=1S/C15H12ClF2N3O/c1-9-20-11-7-19-14(16)6-12(11)21(9)8-10-4-2-3-5-13(10)22-15(17)18/h2-7,15H,8H2,1H3. The highest BCUT2D eigenvalue weighted by Crippen LogP contribution is 2.25. The summed E-state index contributed by atoms with van der Waals surface area (Å²) < 4.78 is 31.4. The molecule has 4 nitrogen and oxygen atoms in total. The van der Waals surface area contributed by atoms with E-state index in [0.717, 1.165) is 11.3 Å². The molecule has 2 aromatic heterocycles. The lowest BCUT2D eigenvalue weighted by molar-refractivity contribution is -0.0504. The third-order valence-electron chi connectivity index (χ3n) is 3.31. The smallest absolute Gasteiger partial charge is 0.387 e. The van der Waals surface area contributed by atoms with Crippen LogP contribution in [0.25, 0.3) is 11.0 Å². The molecule has 1 aromatic carbocycles. The van der Waals surface area contributed by atoms with Crippen molar-refractivity contribution in [2.24, 2.45) is 0 Å². The van der Waals surface area contributed by atoms with Gasteiger partial charge in [-0.2, -0.15) is 8.78 Å². The number of hydrogen-bond acceptors (Lipinski definition) is 3. The first kappa shape index (κ1) is 14.7. The number of nitrogens with zero attached hydrogens (tertiary/aromatic N) is 3. The Balaban J connectivity index is 2.03. The molecule has 0 radical (unpaired) electrons. The lowest BCUT2D eigenvalue weighted by Crippen LogP contribution is -2.08. The number of halogens is 3. The second-order valence-corrected chi connectivity index (χ2v) is 5.11. The molecule has 0 amide bonds. The van der Waals surface area contributed by atoms with Crippen LogP contribution in [0.1, 0.15) is 11.4 Å². The van der Waals surface area contributed by atoms with Gasteiger partial charge in [0.05, 0.1) is 18.3 Å². The first-order valence-electron chi connectivity index (χ1n) is 6.55. The van der Waals surface area contributed by atoms with Gasteiger partial charge in [-0.25, -0.2) is 9.97 Å². The van der Waals surface area contributed by atoms with Crippen molar-refractivity contribution in [3.05, 3.63) is 53.1 Å². The third-order valence-corrected chi connectivity index (χ3v) is 3.52. The van der Waals surface area contributed by atoms with Crippen molar-refractivity contribution in [3.63, 3.8) is 0 Å². The Kier molecular flexibility index (Phi) is 3.94. The van der Waals surface area contributed by atoms with Crippen LogP contribution in [0.3, 0.4) is 0 Å². The number of para-hydroxylation sites is 1. The van der Waals surface area contributed by atoms with Crippen molar-refractivity contribution >= 4 is 22.6 Å². The summed E-state index contributed by atoms with van der Waals surface area (Å²) in [4.78, 5) is 8.39. The minimum atomic E-state index is -2.86. The number of ether oxygens (including phenoxy) is 1. The zero-order chi connectivity index (χ0) is 15.7. The van der Waals surface area contributed by atoms with Gasteiger partial charge in [-0.1, -0.05) is 29.8 Å². The van der Waals surface area contributed by atoms with Gasteiger partial charge in [-0.3, -0.25) is 0 Å². The highest BCUT2D eigenvalue weighted by molar-refractivity contribution is 6.29. The summed E-state index contributed by atoms with van der Waals surface area (Å²) in [5.41, 5.74) is 2.14. The molecule has 0 atom stereocenters. The van der Waals surface area contributed by atoms with Crippen molar-refractivity contribution in [2.75, 3.05) is 0 Å². The van der Waals surface area contributed by atoms with E-state index in [9.17, 15) is 8.78 Å². The van der Waals surface area contributed by atoms with Crippen molar-refractivity contribution < 1.29 is 13.5 Å². The highest BCUT2D eigenvalue weighted by atomic mass is 35.5. The quantitative estimate of drug-likeness (QED) is 0.680. The monoisotopic (exact) mass is 323 g/mol. The van der Waals surface area contributed by atoms with Gasteiger partial charge in [0.2, 0.25) is 0 Å². The van der Waals surface area contributed by atoms with Gasteiger partial charge in [0.15, 0.2) is 0 Å². The summed E-state index contributed by atoms with van der Waals surface area (Å²) in [6.45, 7) is -0.670. The zero-order valence-electron chi connectivity index (χ0n) is 11.6. The Bertz CT molecular complexity index is 820. The van der Waals surface area contributed by atoms with Gasteiger partial charge < -0.3 is 9.30 Å². The second-order valence-electron chi connectivity index (χ2n) is 4.73. The first-order valence-corrected chi connectivity index (χ1v) is 6.93. The maximum absolute atomic E-state index is 12.5. The molecule has 0 fully saturated rings. The van der Waals surface area contributed by atoms with Gasteiger partial charge in [0, 0.05) is 11.6 Å². The van der Waals surface area contributed by atoms with Crippen molar-refractivity contribution in [2.45, 2.75) is 20.1 Å². The van der Waals surface area contributed by atoms with Crippen LogP contribution in [0.5, 0.6) is 5.75 Å². The number of rotatable bonds is 4. The van der Waals surface area contributed by atoms with E-state index in [0.29, 0.717) is 22.8 Å². The molecule has 2 heterocycles. The summed E-state index contributed by atoms with van der Waals surface area (Å²) in [5.74, 6) is 0.893. The van der Waals surface area contributed by atoms with E-state index in [1.54, 1.807) is 30.5 Å². The molecule has 3 aromatic rings. The number of fused-ring (bicyclic) bond motifs is 1. The molecule has 114 valence electrons. The number of hydrogen-bond donors (Lipinski definition) is 0. The van der Waals surface area contributed by atoms with Crippen LogP contribution in [0.4, 0.5) is 8.78 Å².